The summed E-state index contributed by atoms with van der Waals surface area (Å²) in [7, 11) is 1.88. The molecule has 1 aliphatic heterocycles. The Morgan fingerprint density at radius 1 is 1.17 bits per heavy atom. The number of likely N-dealkylation sites (tertiary alicyclic amines) is 1. The zero-order chi connectivity index (χ0) is 16.5. The van der Waals surface area contributed by atoms with Crippen molar-refractivity contribution >= 4 is 30.0 Å². The maximum absolute atomic E-state index is 12.2. The van der Waals surface area contributed by atoms with Gasteiger partial charge >= 0.3 is 6.03 Å². The number of amides is 3. The highest BCUT2D eigenvalue weighted by molar-refractivity contribution is 5.89. The molecular formula is C17H27ClN4O2. The molecular weight excluding hydrogens is 328 g/mol. The number of carbonyl (C=O) groups excluding carboxylic acids is 2. The third-order valence-electron chi connectivity index (χ3n) is 4.00. The number of piperidine rings is 1. The van der Waals surface area contributed by atoms with E-state index in [9.17, 15) is 9.59 Å². The van der Waals surface area contributed by atoms with Gasteiger partial charge < -0.3 is 20.9 Å². The van der Waals surface area contributed by atoms with Crippen LogP contribution in [-0.4, -0.2) is 49.6 Å². The van der Waals surface area contributed by atoms with E-state index in [4.69, 9.17) is 0 Å². The molecule has 1 aromatic carbocycles. The number of carbonyl (C=O) groups is 2. The number of rotatable bonds is 6. The minimum absolute atomic E-state index is 0. The molecule has 24 heavy (non-hydrogen) atoms. The van der Waals surface area contributed by atoms with Gasteiger partial charge in [-0.25, -0.2) is 4.79 Å². The normalized spacial score (nSPS) is 14.6. The Morgan fingerprint density at radius 3 is 2.46 bits per heavy atom. The van der Waals surface area contributed by atoms with Gasteiger partial charge in [-0.15, -0.1) is 12.4 Å². The Morgan fingerprint density at radius 2 is 1.83 bits per heavy atom. The van der Waals surface area contributed by atoms with Crippen LogP contribution in [0.3, 0.4) is 0 Å². The van der Waals surface area contributed by atoms with Gasteiger partial charge in [0.25, 0.3) is 0 Å². The molecule has 0 bridgehead atoms. The largest absolute Gasteiger partial charge is 0.353 e. The molecule has 134 valence electrons. The third kappa shape index (κ3) is 6.76. The maximum atomic E-state index is 12.2. The fourth-order valence-corrected chi connectivity index (χ4v) is 2.68. The molecule has 1 fully saturated rings. The lowest BCUT2D eigenvalue weighted by Gasteiger charge is -2.32. The van der Waals surface area contributed by atoms with Crippen molar-refractivity contribution < 1.29 is 9.59 Å². The van der Waals surface area contributed by atoms with Crippen molar-refractivity contribution in [1.29, 1.82) is 0 Å². The van der Waals surface area contributed by atoms with Crippen LogP contribution in [-0.2, 0) is 4.79 Å². The van der Waals surface area contributed by atoms with Crippen molar-refractivity contribution in [3.8, 4) is 0 Å². The van der Waals surface area contributed by atoms with Crippen molar-refractivity contribution in [3.63, 3.8) is 0 Å². The number of hydrogen-bond acceptors (Lipinski definition) is 3. The van der Waals surface area contributed by atoms with Gasteiger partial charge in [0.2, 0.25) is 5.91 Å². The van der Waals surface area contributed by atoms with Crippen molar-refractivity contribution in [2.24, 2.45) is 0 Å². The lowest BCUT2D eigenvalue weighted by Crippen LogP contribution is -2.47. The number of nitrogens with zero attached hydrogens (tertiary/aromatic N) is 1. The lowest BCUT2D eigenvalue weighted by atomic mass is 10.0. The number of anilines is 1. The second-order valence-electron chi connectivity index (χ2n) is 5.83. The molecule has 3 amide bonds. The van der Waals surface area contributed by atoms with Crippen LogP contribution in [0.25, 0.3) is 0 Å². The monoisotopic (exact) mass is 354 g/mol. The molecule has 0 aromatic heterocycles. The molecule has 0 aliphatic carbocycles. The van der Waals surface area contributed by atoms with E-state index in [0.29, 0.717) is 19.5 Å². The zero-order valence-corrected chi connectivity index (χ0v) is 14.9. The van der Waals surface area contributed by atoms with Gasteiger partial charge in [0.15, 0.2) is 0 Å². The summed E-state index contributed by atoms with van der Waals surface area (Å²) in [6, 6.07) is 9.55. The number of hydrogen-bond donors (Lipinski definition) is 3. The highest BCUT2D eigenvalue weighted by atomic mass is 35.5. The Hall–Kier alpha value is -1.79. The molecule has 0 radical (unpaired) electrons. The summed E-state index contributed by atoms with van der Waals surface area (Å²) < 4.78 is 0. The molecule has 0 atom stereocenters. The van der Waals surface area contributed by atoms with Crippen molar-refractivity contribution in [2.45, 2.75) is 31.7 Å². The van der Waals surface area contributed by atoms with Crippen molar-refractivity contribution in [1.82, 2.24) is 15.5 Å². The number of urea groups is 1. The van der Waals surface area contributed by atoms with Crippen LogP contribution in [0.2, 0.25) is 0 Å². The fourth-order valence-electron chi connectivity index (χ4n) is 2.68. The smallest absolute Gasteiger partial charge is 0.321 e. The van der Waals surface area contributed by atoms with E-state index in [1.165, 1.54) is 0 Å². The van der Waals surface area contributed by atoms with Gasteiger partial charge in [0, 0.05) is 31.2 Å². The number of para-hydroxylation sites is 1. The van der Waals surface area contributed by atoms with Gasteiger partial charge in [-0.05, 0) is 45.0 Å². The molecule has 0 saturated carbocycles. The van der Waals surface area contributed by atoms with Crippen molar-refractivity contribution in [3.05, 3.63) is 30.3 Å². The summed E-state index contributed by atoms with van der Waals surface area (Å²) in [6.45, 7) is 2.19. The number of halogens is 1. The minimum Gasteiger partial charge on any atom is -0.353 e. The van der Waals surface area contributed by atoms with Gasteiger partial charge in [-0.1, -0.05) is 18.2 Å². The average Bonchev–Trinajstić information content (AvgIpc) is 2.56. The summed E-state index contributed by atoms with van der Waals surface area (Å²) in [5, 5.41) is 8.99. The highest BCUT2D eigenvalue weighted by Gasteiger charge is 2.23. The first kappa shape index (κ1) is 20.3. The van der Waals surface area contributed by atoms with Crippen LogP contribution in [0.4, 0.5) is 10.5 Å². The van der Waals surface area contributed by atoms with E-state index in [1.807, 2.05) is 37.4 Å². The third-order valence-corrected chi connectivity index (χ3v) is 4.00. The number of benzene rings is 1. The van der Waals surface area contributed by atoms with Gasteiger partial charge in [-0.2, -0.15) is 0 Å². The predicted octanol–water partition coefficient (Wildman–Crippen LogP) is 2.22. The summed E-state index contributed by atoms with van der Waals surface area (Å²) in [5.41, 5.74) is 0.803. The van der Waals surface area contributed by atoms with E-state index in [-0.39, 0.29) is 30.4 Å². The van der Waals surface area contributed by atoms with E-state index in [1.54, 1.807) is 4.90 Å². The molecule has 3 N–H and O–H groups in total. The molecule has 1 aliphatic rings. The molecule has 0 spiro atoms. The first-order valence-corrected chi connectivity index (χ1v) is 8.24. The molecule has 1 heterocycles. The van der Waals surface area contributed by atoms with Crippen LogP contribution in [0.15, 0.2) is 30.3 Å². The van der Waals surface area contributed by atoms with Crippen molar-refractivity contribution in [2.75, 3.05) is 32.0 Å². The van der Waals surface area contributed by atoms with Crippen LogP contribution < -0.4 is 16.0 Å². The zero-order valence-electron chi connectivity index (χ0n) is 14.1. The summed E-state index contributed by atoms with van der Waals surface area (Å²) in [4.78, 5) is 25.8. The summed E-state index contributed by atoms with van der Waals surface area (Å²) in [5.74, 6) is 0.104. The predicted molar refractivity (Wildman–Crippen MR) is 98.6 cm³/mol. The number of nitrogens with one attached hydrogen (secondary N) is 3. The van der Waals surface area contributed by atoms with Crippen LogP contribution in [0, 0.1) is 0 Å². The second-order valence-corrected chi connectivity index (χ2v) is 5.83. The molecule has 1 saturated heterocycles. The van der Waals surface area contributed by atoms with Crippen LogP contribution >= 0.6 is 12.4 Å². The lowest BCUT2D eigenvalue weighted by molar-refractivity contribution is -0.122. The summed E-state index contributed by atoms with van der Waals surface area (Å²) >= 11 is 0. The van der Waals surface area contributed by atoms with Gasteiger partial charge in [-0.3, -0.25) is 4.79 Å². The minimum atomic E-state index is -0.0741. The van der Waals surface area contributed by atoms with Crippen LogP contribution in [0.1, 0.15) is 25.7 Å². The quantitative estimate of drug-likeness (QED) is 0.686. The Balaban J connectivity index is 0.00000288. The molecule has 6 nitrogen and oxygen atoms in total. The Bertz CT molecular complexity index is 505. The standard InChI is InChI=1S/C17H26N4O2.ClH/c1-18-11-5-8-16(22)19-15-9-12-21(13-10-15)17(23)20-14-6-3-2-4-7-14;/h2-4,6-7,15,18H,5,8-13H2,1H3,(H,19,22)(H,20,23);1H. The van der Waals surface area contributed by atoms with Gasteiger partial charge in [0.1, 0.15) is 0 Å². The van der Waals surface area contributed by atoms with E-state index in [0.717, 1.165) is 31.5 Å². The Kier molecular flexibility index (Phi) is 9.19. The van der Waals surface area contributed by atoms with Gasteiger partial charge in [0.05, 0.1) is 0 Å². The first-order chi connectivity index (χ1) is 11.2. The molecule has 7 heteroatoms. The maximum Gasteiger partial charge on any atom is 0.321 e. The SMILES string of the molecule is CNCCCC(=O)NC1CCN(C(=O)Nc2ccccc2)CC1.Cl. The summed E-state index contributed by atoms with van der Waals surface area (Å²) in [6.07, 6.45) is 3.01. The molecule has 1 aromatic rings. The molecule has 2 rings (SSSR count). The first-order valence-electron chi connectivity index (χ1n) is 8.24. The van der Waals surface area contributed by atoms with E-state index < -0.39 is 0 Å². The second kappa shape index (κ2) is 10.9. The van der Waals surface area contributed by atoms with E-state index >= 15 is 0 Å². The average molecular weight is 355 g/mol. The molecule has 0 unspecified atom stereocenters. The van der Waals surface area contributed by atoms with E-state index in [2.05, 4.69) is 16.0 Å². The topological polar surface area (TPSA) is 73.5 Å². The van der Waals surface area contributed by atoms with Crippen LogP contribution in [0.5, 0.6) is 0 Å². The Labute approximate surface area is 149 Å². The highest BCUT2D eigenvalue weighted by Crippen LogP contribution is 2.13. The fraction of sp³-hybridized carbons (Fsp3) is 0.529.